The maximum absolute atomic E-state index is 11.4. The molecule has 0 spiro atoms. The molecule has 1 fully saturated rings. The third-order valence-corrected chi connectivity index (χ3v) is 2.17. The van der Waals surface area contributed by atoms with Crippen molar-refractivity contribution in [3.05, 3.63) is 0 Å². The van der Waals surface area contributed by atoms with Crippen LogP contribution in [0.15, 0.2) is 0 Å². The van der Waals surface area contributed by atoms with Crippen LogP contribution in [-0.2, 0) is 14.3 Å². The first-order valence-corrected chi connectivity index (χ1v) is 4.76. The Hall–Kier alpha value is -0.650. The molecule has 14 heavy (non-hydrogen) atoms. The number of aliphatic hydroxyl groups excluding tert-OH is 1. The second-order valence-electron chi connectivity index (χ2n) is 3.33. The molecule has 0 aliphatic carbocycles. The Kier molecular flexibility index (Phi) is 4.86. The number of carbonyl (C=O) groups excluding carboxylic acids is 1. The predicted molar refractivity (Wildman–Crippen MR) is 49.9 cm³/mol. The van der Waals surface area contributed by atoms with Crippen LogP contribution in [0.2, 0.25) is 0 Å². The van der Waals surface area contributed by atoms with Gasteiger partial charge in [0, 0.05) is 20.2 Å². The van der Waals surface area contributed by atoms with Gasteiger partial charge in [-0.3, -0.25) is 4.79 Å². The lowest BCUT2D eigenvalue weighted by atomic mass is 10.3. The van der Waals surface area contributed by atoms with Gasteiger partial charge in [0.15, 0.2) is 0 Å². The minimum atomic E-state index is -0.363. The highest BCUT2D eigenvalue weighted by atomic mass is 16.5. The SMILES string of the molecule is COCCOCC(=O)N1CC[C@H](O)C1. The van der Waals surface area contributed by atoms with Crippen molar-refractivity contribution in [1.82, 2.24) is 4.90 Å². The Morgan fingerprint density at radius 2 is 2.36 bits per heavy atom. The van der Waals surface area contributed by atoms with Crippen molar-refractivity contribution in [3.63, 3.8) is 0 Å². The number of nitrogens with zero attached hydrogens (tertiary/aromatic N) is 1. The lowest BCUT2D eigenvalue weighted by molar-refractivity contribution is -0.135. The third kappa shape index (κ3) is 3.61. The maximum atomic E-state index is 11.4. The monoisotopic (exact) mass is 203 g/mol. The first-order chi connectivity index (χ1) is 6.74. The zero-order chi connectivity index (χ0) is 10.4. The van der Waals surface area contributed by atoms with E-state index in [1.807, 2.05) is 0 Å². The summed E-state index contributed by atoms with van der Waals surface area (Å²) in [6, 6.07) is 0. The van der Waals surface area contributed by atoms with Crippen molar-refractivity contribution in [3.8, 4) is 0 Å². The summed E-state index contributed by atoms with van der Waals surface area (Å²) in [5.74, 6) is -0.0577. The minimum absolute atomic E-state index is 0.0577. The molecule has 1 aliphatic heterocycles. The summed E-state index contributed by atoms with van der Waals surface area (Å²) in [6.45, 7) is 2.07. The molecule has 1 saturated heterocycles. The van der Waals surface area contributed by atoms with Gasteiger partial charge in [-0.25, -0.2) is 0 Å². The van der Waals surface area contributed by atoms with Gasteiger partial charge in [-0.2, -0.15) is 0 Å². The lowest BCUT2D eigenvalue weighted by Crippen LogP contribution is -2.33. The van der Waals surface area contributed by atoms with Crippen molar-refractivity contribution in [2.24, 2.45) is 0 Å². The van der Waals surface area contributed by atoms with E-state index >= 15 is 0 Å². The molecular formula is C9H17NO4. The van der Waals surface area contributed by atoms with Crippen LogP contribution in [0.3, 0.4) is 0 Å². The van der Waals surface area contributed by atoms with Crippen molar-refractivity contribution in [1.29, 1.82) is 0 Å². The number of likely N-dealkylation sites (tertiary alicyclic amines) is 1. The van der Waals surface area contributed by atoms with Gasteiger partial charge in [0.05, 0.1) is 19.3 Å². The highest BCUT2D eigenvalue weighted by molar-refractivity contribution is 5.77. The Morgan fingerprint density at radius 1 is 1.57 bits per heavy atom. The van der Waals surface area contributed by atoms with Gasteiger partial charge < -0.3 is 19.5 Å². The van der Waals surface area contributed by atoms with E-state index < -0.39 is 0 Å². The Labute approximate surface area is 83.6 Å². The maximum Gasteiger partial charge on any atom is 0.248 e. The minimum Gasteiger partial charge on any atom is -0.391 e. The van der Waals surface area contributed by atoms with Crippen LogP contribution in [0.4, 0.5) is 0 Å². The molecule has 0 saturated carbocycles. The summed E-state index contributed by atoms with van der Waals surface area (Å²) >= 11 is 0. The molecule has 1 heterocycles. The van der Waals surface area contributed by atoms with Crippen LogP contribution in [0.25, 0.3) is 0 Å². The fourth-order valence-electron chi connectivity index (χ4n) is 1.36. The van der Waals surface area contributed by atoms with E-state index in [2.05, 4.69) is 0 Å². The van der Waals surface area contributed by atoms with E-state index in [0.29, 0.717) is 32.7 Å². The standard InChI is InChI=1S/C9H17NO4/c1-13-4-5-14-7-9(12)10-3-2-8(11)6-10/h8,11H,2-7H2,1H3/t8-/m0/s1. The van der Waals surface area contributed by atoms with Crippen LogP contribution in [0, 0.1) is 0 Å². The van der Waals surface area contributed by atoms with Crippen molar-refractivity contribution >= 4 is 5.91 Å². The fraction of sp³-hybridized carbons (Fsp3) is 0.889. The number of β-amino-alcohol motifs (C(OH)–C–C–N with tert-alkyl or cyclic N) is 1. The summed E-state index contributed by atoms with van der Waals surface area (Å²) in [7, 11) is 1.59. The van der Waals surface area contributed by atoms with Crippen LogP contribution in [-0.4, -0.2) is 62.0 Å². The number of amides is 1. The van der Waals surface area contributed by atoms with Crippen molar-refractivity contribution < 1.29 is 19.4 Å². The van der Waals surface area contributed by atoms with Crippen LogP contribution >= 0.6 is 0 Å². The molecule has 0 aromatic heterocycles. The first kappa shape index (κ1) is 11.4. The predicted octanol–water partition coefficient (Wildman–Crippen LogP) is -0.757. The topological polar surface area (TPSA) is 59.0 Å². The highest BCUT2D eigenvalue weighted by Gasteiger charge is 2.24. The molecule has 5 heteroatoms. The zero-order valence-electron chi connectivity index (χ0n) is 8.44. The molecule has 0 aromatic carbocycles. The van der Waals surface area contributed by atoms with Gasteiger partial charge in [0.1, 0.15) is 6.61 Å². The number of methoxy groups -OCH3 is 1. The Bertz CT molecular complexity index is 186. The molecule has 1 amide bonds. The number of ether oxygens (including phenoxy) is 2. The Morgan fingerprint density at radius 3 is 2.93 bits per heavy atom. The van der Waals surface area contributed by atoms with E-state index in [4.69, 9.17) is 9.47 Å². The van der Waals surface area contributed by atoms with E-state index in [1.54, 1.807) is 12.0 Å². The third-order valence-electron chi connectivity index (χ3n) is 2.17. The van der Waals surface area contributed by atoms with Gasteiger partial charge in [0.2, 0.25) is 5.91 Å². The van der Waals surface area contributed by atoms with E-state index in [0.717, 1.165) is 0 Å². The zero-order valence-corrected chi connectivity index (χ0v) is 8.44. The summed E-state index contributed by atoms with van der Waals surface area (Å²) < 4.78 is 9.86. The summed E-state index contributed by atoms with van der Waals surface area (Å²) in [6.07, 6.45) is 0.307. The van der Waals surface area contributed by atoms with Gasteiger partial charge in [-0.15, -0.1) is 0 Å². The van der Waals surface area contributed by atoms with Gasteiger partial charge >= 0.3 is 0 Å². The smallest absolute Gasteiger partial charge is 0.248 e. The average Bonchev–Trinajstić information content (AvgIpc) is 2.59. The second-order valence-corrected chi connectivity index (χ2v) is 3.33. The van der Waals surface area contributed by atoms with Gasteiger partial charge in [-0.05, 0) is 6.42 Å². The molecule has 0 aromatic rings. The molecule has 0 bridgehead atoms. The average molecular weight is 203 g/mol. The van der Waals surface area contributed by atoms with E-state index in [-0.39, 0.29) is 18.6 Å². The normalized spacial score (nSPS) is 21.6. The van der Waals surface area contributed by atoms with Gasteiger partial charge in [-0.1, -0.05) is 0 Å². The fourth-order valence-corrected chi connectivity index (χ4v) is 1.36. The van der Waals surface area contributed by atoms with Crippen molar-refractivity contribution in [2.45, 2.75) is 12.5 Å². The summed E-state index contributed by atoms with van der Waals surface area (Å²) in [5, 5.41) is 9.20. The highest BCUT2D eigenvalue weighted by Crippen LogP contribution is 2.08. The number of rotatable bonds is 5. The Balaban J connectivity index is 2.09. The molecule has 0 unspecified atom stereocenters. The number of aliphatic hydroxyl groups is 1. The quantitative estimate of drug-likeness (QED) is 0.597. The molecule has 1 rings (SSSR count). The first-order valence-electron chi connectivity index (χ1n) is 4.76. The molecule has 5 nitrogen and oxygen atoms in total. The van der Waals surface area contributed by atoms with Crippen molar-refractivity contribution in [2.75, 3.05) is 40.0 Å². The summed E-state index contributed by atoms with van der Waals surface area (Å²) in [4.78, 5) is 13.0. The van der Waals surface area contributed by atoms with Crippen LogP contribution in [0.5, 0.6) is 0 Å². The molecule has 82 valence electrons. The number of carbonyl (C=O) groups is 1. The molecule has 1 aliphatic rings. The molecule has 1 atom stereocenters. The summed E-state index contributed by atoms with van der Waals surface area (Å²) in [5.41, 5.74) is 0. The van der Waals surface area contributed by atoms with E-state index in [1.165, 1.54) is 0 Å². The molecular weight excluding hydrogens is 186 g/mol. The molecule has 0 radical (unpaired) electrons. The molecule has 1 N–H and O–H groups in total. The second kappa shape index (κ2) is 5.95. The van der Waals surface area contributed by atoms with Crippen LogP contribution in [0.1, 0.15) is 6.42 Å². The number of hydrogen-bond donors (Lipinski definition) is 1. The largest absolute Gasteiger partial charge is 0.391 e. The van der Waals surface area contributed by atoms with Crippen LogP contribution < -0.4 is 0 Å². The van der Waals surface area contributed by atoms with Gasteiger partial charge in [0.25, 0.3) is 0 Å². The van der Waals surface area contributed by atoms with E-state index in [9.17, 15) is 9.90 Å². The number of hydrogen-bond acceptors (Lipinski definition) is 4. The lowest BCUT2D eigenvalue weighted by Gasteiger charge is -2.15.